The fourth-order valence-electron chi connectivity index (χ4n) is 1.55. The van der Waals surface area contributed by atoms with Crippen LogP contribution in [0, 0.1) is 0 Å². The minimum atomic E-state index is -0.0671. The number of halogens is 1. The molecule has 0 bridgehead atoms. The second-order valence-corrected chi connectivity index (χ2v) is 4.41. The van der Waals surface area contributed by atoms with Crippen LogP contribution in [0.5, 0.6) is 0 Å². The third-order valence-electron chi connectivity index (χ3n) is 2.35. The first-order valence-corrected chi connectivity index (χ1v) is 6.19. The van der Waals surface area contributed by atoms with Gasteiger partial charge in [0.15, 0.2) is 0 Å². The van der Waals surface area contributed by atoms with Crippen molar-refractivity contribution in [1.29, 1.82) is 0 Å². The van der Waals surface area contributed by atoms with Crippen molar-refractivity contribution in [2.24, 2.45) is 0 Å². The summed E-state index contributed by atoms with van der Waals surface area (Å²) in [5.41, 5.74) is 1.21. The van der Waals surface area contributed by atoms with Crippen molar-refractivity contribution >= 4 is 15.9 Å². The maximum absolute atomic E-state index is 12.0. The van der Waals surface area contributed by atoms with E-state index in [2.05, 4.69) is 25.9 Å². The average molecular weight is 294 g/mol. The van der Waals surface area contributed by atoms with E-state index in [0.717, 1.165) is 6.42 Å². The summed E-state index contributed by atoms with van der Waals surface area (Å²) in [6, 6.07) is 5.53. The van der Waals surface area contributed by atoms with Gasteiger partial charge < -0.3 is 0 Å². The van der Waals surface area contributed by atoms with Crippen LogP contribution in [0.2, 0.25) is 0 Å². The van der Waals surface area contributed by atoms with Gasteiger partial charge in [0.2, 0.25) is 0 Å². The number of pyridine rings is 1. The Hall–Kier alpha value is -1.49. The van der Waals surface area contributed by atoms with E-state index in [1.165, 1.54) is 0 Å². The predicted octanol–water partition coefficient (Wildman–Crippen LogP) is 2.48. The van der Waals surface area contributed by atoms with Crippen LogP contribution in [0.15, 0.2) is 40.0 Å². The molecule has 0 fully saturated rings. The van der Waals surface area contributed by atoms with Gasteiger partial charge >= 0.3 is 0 Å². The highest BCUT2D eigenvalue weighted by atomic mass is 79.9. The first kappa shape index (κ1) is 12.0. The van der Waals surface area contributed by atoms with Gasteiger partial charge in [0.05, 0.1) is 12.0 Å². The highest BCUT2D eigenvalue weighted by Crippen LogP contribution is 2.20. The van der Waals surface area contributed by atoms with Crippen LogP contribution in [0.25, 0.3) is 11.4 Å². The van der Waals surface area contributed by atoms with Crippen LogP contribution < -0.4 is 5.56 Å². The molecule has 0 aromatic carbocycles. The summed E-state index contributed by atoms with van der Waals surface area (Å²) in [7, 11) is 0. The van der Waals surface area contributed by atoms with Gasteiger partial charge in [-0.3, -0.25) is 14.3 Å². The second-order valence-electron chi connectivity index (χ2n) is 3.62. The monoisotopic (exact) mass is 293 g/mol. The van der Waals surface area contributed by atoms with E-state index >= 15 is 0 Å². The molecule has 2 heterocycles. The number of hydrogen-bond donors (Lipinski definition) is 0. The minimum absolute atomic E-state index is 0.0671. The molecule has 4 nitrogen and oxygen atoms in total. The van der Waals surface area contributed by atoms with E-state index in [0.29, 0.717) is 22.4 Å². The zero-order chi connectivity index (χ0) is 12.3. The maximum Gasteiger partial charge on any atom is 0.268 e. The molecule has 0 N–H and O–H groups in total. The molecule has 0 radical (unpaired) electrons. The predicted molar refractivity (Wildman–Crippen MR) is 69.7 cm³/mol. The Morgan fingerprint density at radius 1 is 1.35 bits per heavy atom. The van der Waals surface area contributed by atoms with Crippen molar-refractivity contribution in [3.8, 4) is 11.4 Å². The van der Waals surface area contributed by atoms with Crippen molar-refractivity contribution in [1.82, 2.24) is 14.5 Å². The lowest BCUT2D eigenvalue weighted by Gasteiger charge is -2.06. The van der Waals surface area contributed by atoms with E-state index < -0.39 is 0 Å². The average Bonchev–Trinajstić information content (AvgIpc) is 2.36. The van der Waals surface area contributed by atoms with E-state index in [1.807, 2.05) is 25.1 Å². The fraction of sp³-hybridized carbons (Fsp3) is 0.250. The molecular formula is C12H12BrN3O. The smallest absolute Gasteiger partial charge is 0.268 e. The summed E-state index contributed by atoms with van der Waals surface area (Å²) in [5.74, 6) is 0. The van der Waals surface area contributed by atoms with E-state index in [1.54, 1.807) is 17.1 Å². The number of rotatable bonds is 3. The molecule has 0 spiro atoms. The summed E-state index contributed by atoms with van der Waals surface area (Å²) in [4.78, 5) is 20.5. The molecule has 17 heavy (non-hydrogen) atoms. The van der Waals surface area contributed by atoms with Crippen molar-refractivity contribution in [3.05, 3.63) is 45.5 Å². The highest BCUT2D eigenvalue weighted by Gasteiger charge is 2.11. The lowest BCUT2D eigenvalue weighted by atomic mass is 10.2. The van der Waals surface area contributed by atoms with Crippen LogP contribution in [-0.2, 0) is 6.54 Å². The van der Waals surface area contributed by atoms with E-state index in [9.17, 15) is 4.79 Å². The quantitative estimate of drug-likeness (QED) is 0.873. The Balaban J connectivity index is 2.52. The summed E-state index contributed by atoms with van der Waals surface area (Å²) < 4.78 is 2.06. The molecule has 0 aliphatic heterocycles. The summed E-state index contributed by atoms with van der Waals surface area (Å²) in [5, 5.41) is 0. The highest BCUT2D eigenvalue weighted by molar-refractivity contribution is 9.10. The molecule has 0 amide bonds. The van der Waals surface area contributed by atoms with Gasteiger partial charge in [0.1, 0.15) is 10.2 Å². The van der Waals surface area contributed by atoms with Gasteiger partial charge in [-0.25, -0.2) is 4.98 Å². The molecule has 0 saturated heterocycles. The largest absolute Gasteiger partial charge is 0.298 e. The van der Waals surface area contributed by atoms with E-state index in [-0.39, 0.29) is 5.56 Å². The van der Waals surface area contributed by atoms with Gasteiger partial charge in [-0.15, -0.1) is 0 Å². The van der Waals surface area contributed by atoms with Gasteiger partial charge in [-0.1, -0.05) is 13.0 Å². The molecule has 0 saturated carbocycles. The lowest BCUT2D eigenvalue weighted by Crippen LogP contribution is -2.21. The van der Waals surface area contributed by atoms with Gasteiger partial charge in [0, 0.05) is 12.7 Å². The van der Waals surface area contributed by atoms with Crippen LogP contribution in [-0.4, -0.2) is 14.5 Å². The van der Waals surface area contributed by atoms with Crippen molar-refractivity contribution < 1.29 is 0 Å². The topological polar surface area (TPSA) is 47.8 Å². The Kier molecular flexibility index (Phi) is 3.68. The molecule has 88 valence electrons. The van der Waals surface area contributed by atoms with E-state index in [4.69, 9.17) is 0 Å². The summed E-state index contributed by atoms with van der Waals surface area (Å²) >= 11 is 3.30. The SMILES string of the molecule is CCCn1cnc(-c2ccccn2)c(Br)c1=O. The first-order valence-electron chi connectivity index (χ1n) is 5.40. The Bertz CT molecular complexity index is 566. The molecule has 0 unspecified atom stereocenters. The zero-order valence-electron chi connectivity index (χ0n) is 9.43. The third-order valence-corrected chi connectivity index (χ3v) is 3.07. The van der Waals surface area contributed by atoms with Crippen molar-refractivity contribution in [2.75, 3.05) is 0 Å². The first-order chi connectivity index (χ1) is 8.24. The molecular weight excluding hydrogens is 282 g/mol. The second kappa shape index (κ2) is 5.23. The van der Waals surface area contributed by atoms with Crippen LogP contribution in [0.4, 0.5) is 0 Å². The molecule has 0 aliphatic carbocycles. The molecule has 0 atom stereocenters. The molecule has 0 aliphatic rings. The van der Waals surface area contributed by atoms with Crippen molar-refractivity contribution in [2.45, 2.75) is 19.9 Å². The number of hydrogen-bond acceptors (Lipinski definition) is 3. The van der Waals surface area contributed by atoms with Crippen LogP contribution in [0.3, 0.4) is 0 Å². The normalized spacial score (nSPS) is 10.5. The number of aromatic nitrogens is 3. The molecule has 2 aromatic heterocycles. The molecule has 5 heteroatoms. The van der Waals surface area contributed by atoms with Crippen LogP contribution >= 0.6 is 15.9 Å². The van der Waals surface area contributed by atoms with Crippen LogP contribution in [0.1, 0.15) is 13.3 Å². The standard InChI is InChI=1S/C12H12BrN3O/c1-2-7-16-8-15-11(10(13)12(16)17)9-5-3-4-6-14-9/h3-6,8H,2,7H2,1H3. The Labute approximate surface area is 107 Å². The zero-order valence-corrected chi connectivity index (χ0v) is 11.0. The molecule has 2 rings (SSSR count). The number of aryl methyl sites for hydroxylation is 1. The Morgan fingerprint density at radius 2 is 2.18 bits per heavy atom. The Morgan fingerprint density at radius 3 is 2.82 bits per heavy atom. The summed E-state index contributed by atoms with van der Waals surface area (Å²) in [6.45, 7) is 2.69. The van der Waals surface area contributed by atoms with Gasteiger partial charge in [0.25, 0.3) is 5.56 Å². The minimum Gasteiger partial charge on any atom is -0.298 e. The summed E-state index contributed by atoms with van der Waals surface area (Å²) in [6.07, 6.45) is 4.15. The lowest BCUT2D eigenvalue weighted by molar-refractivity contribution is 0.638. The van der Waals surface area contributed by atoms with Gasteiger partial charge in [-0.2, -0.15) is 0 Å². The fourth-order valence-corrected chi connectivity index (χ4v) is 2.08. The maximum atomic E-state index is 12.0. The third kappa shape index (κ3) is 2.44. The van der Waals surface area contributed by atoms with Gasteiger partial charge in [-0.05, 0) is 34.5 Å². The van der Waals surface area contributed by atoms with Crippen molar-refractivity contribution in [3.63, 3.8) is 0 Å². The molecule has 2 aromatic rings. The number of nitrogens with zero attached hydrogens (tertiary/aromatic N) is 3.